The number of hydrogen-bond donors (Lipinski definition) is 9. The van der Waals surface area contributed by atoms with Gasteiger partial charge in [-0.3, -0.25) is 0 Å². The second-order valence-corrected chi connectivity index (χ2v) is 23.7. The van der Waals surface area contributed by atoms with Gasteiger partial charge < -0.3 is 51.4 Å². The summed E-state index contributed by atoms with van der Waals surface area (Å²) in [4.78, 5) is 3.37. The number of aromatic hydroxyl groups is 1. The van der Waals surface area contributed by atoms with Gasteiger partial charge in [-0.1, -0.05) is 132 Å². The van der Waals surface area contributed by atoms with E-state index in [1.54, 1.807) is 21.6 Å². The molecule has 1 saturated heterocycles. The van der Waals surface area contributed by atoms with Crippen molar-refractivity contribution in [1.82, 2.24) is 10.3 Å². The summed E-state index contributed by atoms with van der Waals surface area (Å²) >= 11 is 0. The van der Waals surface area contributed by atoms with Gasteiger partial charge in [-0.05, 0) is 128 Å². The summed E-state index contributed by atoms with van der Waals surface area (Å²) in [6.07, 6.45) is 11.1. The van der Waals surface area contributed by atoms with Crippen LogP contribution in [0, 0.1) is 52.8 Å². The van der Waals surface area contributed by atoms with Crippen LogP contribution in [0.1, 0.15) is 92.2 Å². The molecule has 3 heterocycles. The van der Waals surface area contributed by atoms with E-state index in [0.717, 1.165) is 66.5 Å². The number of phenols is 1. The standard InChI is InChI=1S/C60H75N3O7S2/c1-2-40-27-42-30-53(67)55(70-56-31-43(28-46-16-11-24-62-46)47-20-25-63-59(61)51(47)37-72-71-36-44(34-64)58(56)69)33-49(42)50-32-54(68)57-41(29-48(40)50)19-23-60(21-10-9-17-52(57)66,22-18-38-12-5-3-6-13-38)45(35-65)26-39-14-7-4-8-15-39/h3-8,11-16,20,24,29-30,33,40-41,43-45,50,52,54,56-58,62-69H,2,9-10,17-18,21-22,25-28,31-32,34-37,61H2,1H3. The fourth-order valence-electron chi connectivity index (χ4n) is 12.7. The molecule has 9 rings (SSSR count). The minimum absolute atomic E-state index is 0.00111. The van der Waals surface area contributed by atoms with E-state index < -0.39 is 47.6 Å². The van der Waals surface area contributed by atoms with Gasteiger partial charge in [-0.15, -0.1) is 0 Å². The zero-order chi connectivity index (χ0) is 50.2. The number of aromatic amines is 1. The number of benzene rings is 3. The number of phenolic OH excluding ortho intramolecular Hbond substituents is 1. The second-order valence-electron chi connectivity index (χ2n) is 21.1. The molecular formula is C60H75N3O7S2. The first kappa shape index (κ1) is 52.3. The highest BCUT2D eigenvalue weighted by molar-refractivity contribution is 8.76. The second kappa shape index (κ2) is 24.2. The molecule has 4 aromatic rings. The predicted molar refractivity (Wildman–Crippen MR) is 290 cm³/mol. The summed E-state index contributed by atoms with van der Waals surface area (Å²) in [6.45, 7) is 2.54. The van der Waals surface area contributed by atoms with Crippen LogP contribution in [0.4, 0.5) is 0 Å². The maximum atomic E-state index is 12.6. The molecule has 1 fully saturated rings. The zero-order valence-electron chi connectivity index (χ0n) is 41.7. The third-order valence-electron chi connectivity index (χ3n) is 16.8. The number of aryl methyl sites for hydroxylation is 1. The predicted octanol–water partition coefficient (Wildman–Crippen LogP) is 8.78. The molecule has 0 amide bonds. The molecule has 12 unspecified atom stereocenters. The highest BCUT2D eigenvalue weighted by Crippen LogP contribution is 2.51. The fraction of sp³-hybridized carbons (Fsp3) is 0.500. The first-order valence-corrected chi connectivity index (χ1v) is 29.0. The number of ether oxygens (including phenoxy) is 1. The molecule has 2 aliphatic heterocycles. The van der Waals surface area contributed by atoms with Crippen molar-refractivity contribution >= 4 is 21.6 Å². The Bertz CT molecular complexity index is 2580. The van der Waals surface area contributed by atoms with E-state index in [1.807, 2.05) is 36.5 Å². The van der Waals surface area contributed by atoms with Gasteiger partial charge in [0, 0.05) is 83.7 Å². The molecule has 3 aromatic carbocycles. The molecule has 10 nitrogen and oxygen atoms in total. The maximum absolute atomic E-state index is 12.6. The van der Waals surface area contributed by atoms with Crippen LogP contribution < -0.4 is 15.8 Å². The van der Waals surface area contributed by atoms with Gasteiger partial charge in [0.05, 0.1) is 18.3 Å². The molecule has 0 saturated carbocycles. The quantitative estimate of drug-likeness (QED) is 0.0355. The number of aliphatic hydroxyl groups is 5. The number of aliphatic hydroxyl groups excluding tert-OH is 5. The number of nitrogens with two attached hydrogens (primary N) is 1. The Morgan fingerprint density at radius 1 is 0.917 bits per heavy atom. The Labute approximate surface area is 434 Å². The van der Waals surface area contributed by atoms with Crippen LogP contribution in [0.2, 0.25) is 0 Å². The molecule has 0 spiro atoms. The minimum atomic E-state index is -1.06. The molecule has 384 valence electrons. The summed E-state index contributed by atoms with van der Waals surface area (Å²) in [7, 11) is 3.26. The summed E-state index contributed by atoms with van der Waals surface area (Å²) < 4.78 is 6.95. The molecule has 3 aliphatic carbocycles. The van der Waals surface area contributed by atoms with Crippen molar-refractivity contribution in [3.8, 4) is 23.3 Å². The average Bonchev–Trinajstić information content (AvgIpc) is 3.85. The van der Waals surface area contributed by atoms with Crippen molar-refractivity contribution < 1.29 is 35.4 Å². The monoisotopic (exact) mass is 1010 g/mol. The summed E-state index contributed by atoms with van der Waals surface area (Å²) in [5.74, 6) is 7.92. The highest BCUT2D eigenvalue weighted by Gasteiger charge is 2.44. The van der Waals surface area contributed by atoms with Crippen LogP contribution in [0.25, 0.3) is 0 Å². The van der Waals surface area contributed by atoms with E-state index in [9.17, 15) is 30.6 Å². The molecular weight excluding hydrogens is 939 g/mol. The van der Waals surface area contributed by atoms with Crippen molar-refractivity contribution in [1.29, 1.82) is 0 Å². The van der Waals surface area contributed by atoms with Gasteiger partial charge in [0.15, 0.2) is 11.5 Å². The van der Waals surface area contributed by atoms with Crippen molar-refractivity contribution in [3.63, 3.8) is 0 Å². The fourth-order valence-corrected chi connectivity index (χ4v) is 15.2. The third kappa shape index (κ3) is 11.8. The smallest absolute Gasteiger partial charge is 0.161 e. The SMILES string of the molecule is CCC1Cc2cc(O)c(OC3CC(Cc4ccc[nH]4)C4=CCNC(N)=C4CSSCC(CO)C3O)cc2C2CC(O)C3C(C#CC(CCc4ccccc4)(C(CO)Cc4ccccc4)CCCCC3O)C=C12. The van der Waals surface area contributed by atoms with E-state index in [2.05, 4.69) is 95.8 Å². The van der Waals surface area contributed by atoms with Crippen molar-refractivity contribution in [2.75, 3.05) is 31.3 Å². The lowest BCUT2D eigenvalue weighted by atomic mass is 9.66. The van der Waals surface area contributed by atoms with Gasteiger partial charge in [0.25, 0.3) is 0 Å². The number of fused-ring (bicyclic) bond motifs is 5. The highest BCUT2D eigenvalue weighted by atomic mass is 33.1. The van der Waals surface area contributed by atoms with E-state index in [4.69, 9.17) is 10.5 Å². The topological polar surface area (TPSA) is 184 Å². The number of hydrogen-bond acceptors (Lipinski definition) is 11. The zero-order valence-corrected chi connectivity index (χ0v) is 43.3. The van der Waals surface area contributed by atoms with Crippen LogP contribution in [0.15, 0.2) is 126 Å². The van der Waals surface area contributed by atoms with Crippen LogP contribution in [0.3, 0.4) is 0 Å². The first-order valence-electron chi connectivity index (χ1n) is 26.5. The molecule has 12 atom stereocenters. The lowest BCUT2D eigenvalue weighted by Gasteiger charge is -2.38. The van der Waals surface area contributed by atoms with Gasteiger partial charge >= 0.3 is 0 Å². The van der Waals surface area contributed by atoms with Gasteiger partial charge in [-0.25, -0.2) is 0 Å². The van der Waals surface area contributed by atoms with Gasteiger partial charge in [0.2, 0.25) is 0 Å². The number of rotatable bonds is 13. The van der Waals surface area contributed by atoms with Crippen LogP contribution in [-0.4, -0.2) is 91.3 Å². The normalized spacial score (nSPS) is 30.4. The molecule has 1 aromatic heterocycles. The Balaban J connectivity index is 1.10. The molecule has 10 N–H and O–H groups in total. The number of H-pyrrole nitrogens is 1. The summed E-state index contributed by atoms with van der Waals surface area (Å²) in [6, 6.07) is 28.7. The van der Waals surface area contributed by atoms with Crippen LogP contribution in [-0.2, 0) is 25.7 Å². The number of allylic oxidation sites excluding steroid dienone is 3. The first-order chi connectivity index (χ1) is 35.1. The van der Waals surface area contributed by atoms with Crippen molar-refractivity contribution in [2.24, 2.45) is 46.7 Å². The average molecular weight is 1010 g/mol. The third-order valence-corrected chi connectivity index (χ3v) is 19.2. The Morgan fingerprint density at radius 2 is 1.71 bits per heavy atom. The van der Waals surface area contributed by atoms with Crippen molar-refractivity contribution in [2.45, 2.75) is 114 Å². The lowest BCUT2D eigenvalue weighted by Crippen LogP contribution is -2.42. The number of aromatic nitrogens is 1. The molecule has 12 heteroatoms. The summed E-state index contributed by atoms with van der Waals surface area (Å²) in [5.41, 5.74) is 14.9. The molecule has 0 radical (unpaired) electrons. The molecule has 5 aliphatic rings. The van der Waals surface area contributed by atoms with Crippen molar-refractivity contribution in [3.05, 3.63) is 154 Å². The maximum Gasteiger partial charge on any atom is 0.161 e. The van der Waals surface area contributed by atoms with Gasteiger partial charge in [-0.2, -0.15) is 0 Å². The van der Waals surface area contributed by atoms with Crippen LogP contribution in [0.5, 0.6) is 11.5 Å². The van der Waals surface area contributed by atoms with E-state index in [0.29, 0.717) is 62.4 Å². The lowest BCUT2D eigenvalue weighted by molar-refractivity contribution is -0.0214. The van der Waals surface area contributed by atoms with Gasteiger partial charge in [0.1, 0.15) is 11.9 Å². The minimum Gasteiger partial charge on any atom is -0.504 e. The molecule has 72 heavy (non-hydrogen) atoms. The molecule has 0 bridgehead atoms. The Hall–Kier alpha value is -4.58. The van der Waals surface area contributed by atoms with Crippen LogP contribution >= 0.6 is 21.6 Å². The number of dihydropyridines is 1. The summed E-state index contributed by atoms with van der Waals surface area (Å²) in [5, 5.41) is 74.2. The van der Waals surface area contributed by atoms with E-state index in [1.165, 1.54) is 16.7 Å². The van der Waals surface area contributed by atoms with E-state index in [-0.39, 0.29) is 48.4 Å². The Morgan fingerprint density at radius 3 is 2.44 bits per heavy atom. The largest absolute Gasteiger partial charge is 0.504 e. The Kier molecular flexibility index (Phi) is 17.6. The number of nitrogens with one attached hydrogen (secondary N) is 2. The van der Waals surface area contributed by atoms with E-state index >= 15 is 0 Å².